The van der Waals surface area contributed by atoms with Crippen LogP contribution in [0.25, 0.3) is 0 Å². The summed E-state index contributed by atoms with van der Waals surface area (Å²) in [6, 6.07) is 0. The van der Waals surface area contributed by atoms with Gasteiger partial charge in [-0.15, -0.1) is 0 Å². The van der Waals surface area contributed by atoms with Crippen LogP contribution in [0.1, 0.15) is 59.3 Å². The molecular formula is C20H28F3NO2. The Morgan fingerprint density at radius 2 is 1.85 bits per heavy atom. The molecule has 2 spiro atoms. The number of ether oxygens (including phenoxy) is 1. The van der Waals surface area contributed by atoms with Crippen molar-refractivity contribution in [3.8, 4) is 0 Å². The van der Waals surface area contributed by atoms with E-state index in [1.54, 1.807) is 0 Å². The van der Waals surface area contributed by atoms with Gasteiger partial charge in [0, 0.05) is 5.54 Å². The van der Waals surface area contributed by atoms with Crippen LogP contribution in [0.15, 0.2) is 12.2 Å². The van der Waals surface area contributed by atoms with Gasteiger partial charge in [-0.1, -0.05) is 32.9 Å². The van der Waals surface area contributed by atoms with Gasteiger partial charge >= 0.3 is 12.1 Å². The SMILES string of the molecule is CC(C)(C)C1CCC2(CC1)CC1CC3C=CC1(CN2C(=O)C(F)(F)F)O3. The summed E-state index contributed by atoms with van der Waals surface area (Å²) >= 11 is 0. The molecule has 0 aromatic carbocycles. The molecule has 3 fully saturated rings. The molecule has 2 bridgehead atoms. The Labute approximate surface area is 152 Å². The second-order valence-corrected chi connectivity index (χ2v) is 9.86. The lowest BCUT2D eigenvalue weighted by Gasteiger charge is -2.57. The van der Waals surface area contributed by atoms with Gasteiger partial charge in [0.2, 0.25) is 0 Å². The van der Waals surface area contributed by atoms with Crippen LogP contribution in [0.4, 0.5) is 13.2 Å². The highest BCUT2D eigenvalue weighted by Gasteiger charge is 2.63. The number of rotatable bonds is 0. The maximum atomic E-state index is 13.4. The second-order valence-electron chi connectivity index (χ2n) is 9.86. The number of nitrogens with zero attached hydrogens (tertiary/aromatic N) is 1. The van der Waals surface area contributed by atoms with Crippen LogP contribution in [0.2, 0.25) is 0 Å². The molecular weight excluding hydrogens is 343 g/mol. The zero-order chi connectivity index (χ0) is 19.0. The molecule has 4 rings (SSSR count). The van der Waals surface area contributed by atoms with Crippen LogP contribution in [0, 0.1) is 17.3 Å². The smallest absolute Gasteiger partial charge is 0.361 e. The summed E-state index contributed by atoms with van der Waals surface area (Å²) < 4.78 is 46.1. The third kappa shape index (κ3) is 2.71. The number of likely N-dealkylation sites (tertiary alicyclic amines) is 1. The maximum Gasteiger partial charge on any atom is 0.471 e. The summed E-state index contributed by atoms with van der Waals surface area (Å²) in [6.07, 6.45) is 3.62. The average Bonchev–Trinajstić information content (AvgIpc) is 3.08. The summed E-state index contributed by atoms with van der Waals surface area (Å²) in [6.45, 7) is 6.62. The summed E-state index contributed by atoms with van der Waals surface area (Å²) in [5.74, 6) is -0.976. The molecule has 3 unspecified atom stereocenters. The lowest BCUT2D eigenvalue weighted by atomic mass is 9.61. The largest absolute Gasteiger partial charge is 0.471 e. The molecule has 1 amide bonds. The van der Waals surface area contributed by atoms with E-state index in [2.05, 4.69) is 20.8 Å². The van der Waals surface area contributed by atoms with Crippen molar-refractivity contribution >= 4 is 5.91 Å². The van der Waals surface area contributed by atoms with Crippen LogP contribution < -0.4 is 0 Å². The molecule has 3 nitrogen and oxygen atoms in total. The van der Waals surface area contributed by atoms with Crippen LogP contribution in [0.3, 0.4) is 0 Å². The van der Waals surface area contributed by atoms with Crippen LogP contribution in [0.5, 0.6) is 0 Å². The summed E-state index contributed by atoms with van der Waals surface area (Å²) in [5, 5.41) is 0. The van der Waals surface area contributed by atoms with Gasteiger partial charge in [-0.3, -0.25) is 4.79 Å². The maximum absolute atomic E-state index is 13.4. The summed E-state index contributed by atoms with van der Waals surface area (Å²) in [4.78, 5) is 13.5. The minimum Gasteiger partial charge on any atom is -0.361 e. The first-order valence-electron chi connectivity index (χ1n) is 9.71. The number of amides is 1. The van der Waals surface area contributed by atoms with E-state index in [1.165, 1.54) is 0 Å². The first-order chi connectivity index (χ1) is 12.0. The highest BCUT2D eigenvalue weighted by molar-refractivity contribution is 5.83. The minimum absolute atomic E-state index is 0.00361. The Morgan fingerprint density at radius 3 is 2.38 bits per heavy atom. The van der Waals surface area contributed by atoms with Crippen molar-refractivity contribution < 1.29 is 22.7 Å². The molecule has 0 aromatic heterocycles. The quantitative estimate of drug-likeness (QED) is 0.588. The number of carbonyl (C=O) groups excluding carboxylic acids is 1. The lowest BCUT2D eigenvalue weighted by Crippen LogP contribution is -2.67. The standard InChI is InChI=1S/C20H28F3NO2/c1-17(2,3)13-4-7-18(8-5-13)11-14-10-15-6-9-19(14,26-15)12-24(18)16(25)20(21,22)23/h6,9,13-15H,4-5,7-8,10-12H2,1-3H3. The number of hydrogen-bond acceptors (Lipinski definition) is 2. The topological polar surface area (TPSA) is 29.5 Å². The van der Waals surface area contributed by atoms with Gasteiger partial charge in [0.15, 0.2) is 0 Å². The Hall–Kier alpha value is -1.04. The number of alkyl halides is 3. The van der Waals surface area contributed by atoms with E-state index in [-0.39, 0.29) is 24.0 Å². The molecule has 3 atom stereocenters. The third-order valence-corrected chi connectivity index (χ3v) is 7.40. The van der Waals surface area contributed by atoms with E-state index < -0.39 is 23.2 Å². The van der Waals surface area contributed by atoms with E-state index in [4.69, 9.17) is 4.74 Å². The second kappa shape index (κ2) is 5.49. The molecule has 3 heterocycles. The van der Waals surface area contributed by atoms with Gasteiger partial charge in [-0.05, 0) is 55.8 Å². The Morgan fingerprint density at radius 1 is 1.19 bits per heavy atom. The predicted octanol–water partition coefficient (Wildman–Crippen LogP) is 4.47. The van der Waals surface area contributed by atoms with E-state index >= 15 is 0 Å². The fourth-order valence-corrected chi connectivity index (χ4v) is 5.86. The van der Waals surface area contributed by atoms with Gasteiger partial charge in [-0.25, -0.2) is 0 Å². The van der Waals surface area contributed by atoms with Gasteiger partial charge in [0.25, 0.3) is 0 Å². The number of halogens is 3. The van der Waals surface area contributed by atoms with Crippen molar-refractivity contribution in [2.45, 2.75) is 82.7 Å². The summed E-state index contributed by atoms with van der Waals surface area (Å²) in [7, 11) is 0. The minimum atomic E-state index is -4.84. The third-order valence-electron chi connectivity index (χ3n) is 7.40. The monoisotopic (exact) mass is 371 g/mol. The van der Waals surface area contributed by atoms with E-state index in [0.29, 0.717) is 25.2 Å². The molecule has 1 aliphatic carbocycles. The zero-order valence-corrected chi connectivity index (χ0v) is 15.7. The van der Waals surface area contributed by atoms with E-state index in [9.17, 15) is 18.0 Å². The Bertz CT molecular complexity index is 628. The van der Waals surface area contributed by atoms with Crippen LogP contribution >= 0.6 is 0 Å². The van der Waals surface area contributed by atoms with Gasteiger partial charge < -0.3 is 9.64 Å². The lowest BCUT2D eigenvalue weighted by molar-refractivity contribution is -0.204. The normalized spacial score (nSPS) is 42.4. The van der Waals surface area contributed by atoms with Gasteiger partial charge in [0.1, 0.15) is 5.60 Å². The van der Waals surface area contributed by atoms with Crippen molar-refractivity contribution in [3.63, 3.8) is 0 Å². The summed E-state index contributed by atoms with van der Waals surface area (Å²) in [5.41, 5.74) is -1.21. The van der Waals surface area contributed by atoms with E-state index in [1.807, 2.05) is 12.2 Å². The Balaban J connectivity index is 1.64. The first-order valence-corrected chi connectivity index (χ1v) is 9.71. The molecule has 26 heavy (non-hydrogen) atoms. The Kier molecular flexibility index (Phi) is 3.87. The molecule has 1 saturated carbocycles. The zero-order valence-electron chi connectivity index (χ0n) is 15.7. The van der Waals surface area contributed by atoms with Gasteiger partial charge in [0.05, 0.1) is 12.6 Å². The molecule has 4 aliphatic rings. The molecule has 3 aliphatic heterocycles. The number of fused-ring (bicyclic) bond motifs is 1. The first kappa shape index (κ1) is 18.3. The average molecular weight is 371 g/mol. The molecule has 0 aromatic rings. The highest BCUT2D eigenvalue weighted by Crippen LogP contribution is 2.56. The van der Waals surface area contributed by atoms with Crippen molar-refractivity contribution in [3.05, 3.63) is 12.2 Å². The number of hydrogen-bond donors (Lipinski definition) is 0. The van der Waals surface area contributed by atoms with Crippen molar-refractivity contribution in [1.82, 2.24) is 4.90 Å². The molecule has 0 radical (unpaired) electrons. The van der Waals surface area contributed by atoms with Crippen molar-refractivity contribution in [1.29, 1.82) is 0 Å². The molecule has 0 N–H and O–H groups in total. The fraction of sp³-hybridized carbons (Fsp3) is 0.850. The van der Waals surface area contributed by atoms with E-state index in [0.717, 1.165) is 24.2 Å². The van der Waals surface area contributed by atoms with Crippen LogP contribution in [-0.4, -0.2) is 40.8 Å². The van der Waals surface area contributed by atoms with Gasteiger partial charge in [-0.2, -0.15) is 13.2 Å². The van der Waals surface area contributed by atoms with Crippen molar-refractivity contribution in [2.75, 3.05) is 6.54 Å². The van der Waals surface area contributed by atoms with Crippen LogP contribution in [-0.2, 0) is 9.53 Å². The number of carbonyl (C=O) groups is 1. The molecule has 2 saturated heterocycles. The fourth-order valence-electron chi connectivity index (χ4n) is 5.86. The number of piperidine rings is 1. The predicted molar refractivity (Wildman–Crippen MR) is 91.4 cm³/mol. The highest BCUT2D eigenvalue weighted by atomic mass is 19.4. The molecule has 146 valence electrons. The van der Waals surface area contributed by atoms with Crippen molar-refractivity contribution in [2.24, 2.45) is 17.3 Å². The molecule has 6 heteroatoms.